The van der Waals surface area contributed by atoms with E-state index >= 15 is 0 Å². The number of nitrogens with one attached hydrogen (secondary N) is 2. The Balaban J connectivity index is 2.55. The van der Waals surface area contributed by atoms with Crippen molar-refractivity contribution in [2.75, 3.05) is 32.7 Å². The fourth-order valence-electron chi connectivity index (χ4n) is 2.48. The Morgan fingerprint density at radius 1 is 1.45 bits per heavy atom. The number of anilines is 1. The lowest BCUT2D eigenvalue weighted by Gasteiger charge is -2.18. The summed E-state index contributed by atoms with van der Waals surface area (Å²) in [6.07, 6.45) is 4.61. The van der Waals surface area contributed by atoms with Crippen LogP contribution in [0.4, 0.5) is 5.69 Å². The van der Waals surface area contributed by atoms with Crippen LogP contribution < -0.4 is 15.8 Å². The maximum Gasteiger partial charge on any atom is 0.0998 e. The molecule has 0 radical (unpaired) electrons. The molecule has 5 nitrogen and oxygen atoms in total. The molecule has 0 aromatic heterocycles. The zero-order valence-corrected chi connectivity index (χ0v) is 12.1. The molecule has 1 aromatic carbocycles. The van der Waals surface area contributed by atoms with E-state index in [-0.39, 0.29) is 0 Å². The van der Waals surface area contributed by atoms with E-state index in [1.54, 1.807) is 13.3 Å². The third kappa shape index (κ3) is 2.51. The predicted molar refractivity (Wildman–Crippen MR) is 82.7 cm³/mol. The Morgan fingerprint density at radius 3 is 2.85 bits per heavy atom. The number of hydrogen-bond donors (Lipinski definition) is 2. The Bertz CT molecular complexity index is 595. The smallest absolute Gasteiger partial charge is 0.0998 e. The summed E-state index contributed by atoms with van der Waals surface area (Å²) in [5, 5.41) is 14.5. The molecule has 1 heterocycles. The molecule has 0 fully saturated rings. The maximum absolute atomic E-state index is 9.41. The molecule has 0 atom stereocenters. The topological polar surface area (TPSA) is 63.5 Å². The standard InChI is InChI=1S/C15H19N5/c1-17-9-13(10-18-2)14-6-11-4-5-20(19-3)15(11)7-12(14)8-16/h6-7,9-10,17,19H,4-5H2,1-3H3. The van der Waals surface area contributed by atoms with E-state index in [1.165, 1.54) is 5.56 Å². The highest BCUT2D eigenvalue weighted by Gasteiger charge is 2.21. The normalized spacial score (nSPS) is 14.5. The van der Waals surface area contributed by atoms with Crippen molar-refractivity contribution in [3.8, 4) is 6.07 Å². The Labute approximate surface area is 119 Å². The van der Waals surface area contributed by atoms with E-state index in [1.807, 2.05) is 26.4 Å². The fourth-order valence-corrected chi connectivity index (χ4v) is 2.48. The Hall–Kier alpha value is -2.32. The number of rotatable bonds is 4. The van der Waals surface area contributed by atoms with E-state index in [9.17, 15) is 5.26 Å². The van der Waals surface area contributed by atoms with Crippen LogP contribution in [-0.4, -0.2) is 33.9 Å². The Morgan fingerprint density at radius 2 is 2.25 bits per heavy atom. The number of fused-ring (bicyclic) bond motifs is 1. The van der Waals surface area contributed by atoms with Crippen LogP contribution in [-0.2, 0) is 6.42 Å². The van der Waals surface area contributed by atoms with E-state index in [0.29, 0.717) is 5.56 Å². The molecule has 0 unspecified atom stereocenters. The van der Waals surface area contributed by atoms with Crippen LogP contribution in [0.25, 0.3) is 5.57 Å². The van der Waals surface area contributed by atoms with Gasteiger partial charge in [0.1, 0.15) is 0 Å². The number of hydrogen-bond acceptors (Lipinski definition) is 5. The first-order chi connectivity index (χ1) is 9.74. The molecule has 20 heavy (non-hydrogen) atoms. The lowest BCUT2D eigenvalue weighted by molar-refractivity contribution is 0.734. The van der Waals surface area contributed by atoms with Gasteiger partial charge in [-0.1, -0.05) is 0 Å². The van der Waals surface area contributed by atoms with Crippen molar-refractivity contribution < 1.29 is 0 Å². The first-order valence-electron chi connectivity index (χ1n) is 6.57. The number of aliphatic imine (C=N–C) groups is 1. The minimum atomic E-state index is 0.660. The second-order valence-corrected chi connectivity index (χ2v) is 4.54. The number of nitrogens with zero attached hydrogens (tertiary/aromatic N) is 3. The largest absolute Gasteiger partial charge is 0.393 e. The van der Waals surface area contributed by atoms with Crippen molar-refractivity contribution in [1.82, 2.24) is 10.7 Å². The quantitative estimate of drug-likeness (QED) is 0.809. The maximum atomic E-state index is 9.41. The van der Waals surface area contributed by atoms with Crippen LogP contribution in [0, 0.1) is 11.3 Å². The molecule has 0 aliphatic carbocycles. The van der Waals surface area contributed by atoms with Gasteiger partial charge in [0, 0.05) is 51.2 Å². The lowest BCUT2D eigenvalue weighted by atomic mass is 9.97. The number of nitriles is 1. The van der Waals surface area contributed by atoms with Crippen LogP contribution in [0.1, 0.15) is 16.7 Å². The van der Waals surface area contributed by atoms with Crippen LogP contribution in [0.15, 0.2) is 23.3 Å². The van der Waals surface area contributed by atoms with Gasteiger partial charge in [-0.05, 0) is 24.1 Å². The summed E-state index contributed by atoms with van der Waals surface area (Å²) in [7, 11) is 5.46. The summed E-state index contributed by atoms with van der Waals surface area (Å²) in [5.41, 5.74) is 7.97. The molecule has 1 aliphatic rings. The molecular weight excluding hydrogens is 250 g/mol. The molecule has 0 spiro atoms. The first kappa shape index (κ1) is 14.1. The first-order valence-corrected chi connectivity index (χ1v) is 6.57. The van der Waals surface area contributed by atoms with E-state index in [4.69, 9.17) is 0 Å². The minimum Gasteiger partial charge on any atom is -0.393 e. The number of hydrazine groups is 1. The summed E-state index contributed by atoms with van der Waals surface area (Å²) in [4.78, 5) is 4.07. The molecule has 0 saturated carbocycles. The molecule has 5 heteroatoms. The van der Waals surface area contributed by atoms with E-state index < -0.39 is 0 Å². The zero-order chi connectivity index (χ0) is 14.5. The van der Waals surface area contributed by atoms with Crippen molar-refractivity contribution in [3.63, 3.8) is 0 Å². The summed E-state index contributed by atoms with van der Waals surface area (Å²) < 4.78 is 0. The number of benzene rings is 1. The van der Waals surface area contributed by atoms with Crippen molar-refractivity contribution in [2.45, 2.75) is 6.42 Å². The Kier molecular flexibility index (Phi) is 4.38. The van der Waals surface area contributed by atoms with Gasteiger partial charge in [-0.25, -0.2) is 5.43 Å². The van der Waals surface area contributed by atoms with Gasteiger partial charge in [-0.2, -0.15) is 5.26 Å². The highest BCUT2D eigenvalue weighted by atomic mass is 15.5. The molecule has 1 aromatic rings. The summed E-state index contributed by atoms with van der Waals surface area (Å²) in [5.74, 6) is 0. The molecule has 0 amide bonds. The highest BCUT2D eigenvalue weighted by Crippen LogP contribution is 2.31. The molecule has 1 aliphatic heterocycles. The molecular formula is C15H19N5. The van der Waals surface area contributed by atoms with E-state index in [2.05, 4.69) is 32.9 Å². The predicted octanol–water partition coefficient (Wildman–Crippen LogP) is 1.32. The summed E-state index contributed by atoms with van der Waals surface area (Å²) in [6, 6.07) is 6.32. The van der Waals surface area contributed by atoms with Gasteiger partial charge in [-0.15, -0.1) is 0 Å². The van der Waals surface area contributed by atoms with E-state index in [0.717, 1.165) is 29.8 Å². The van der Waals surface area contributed by atoms with Gasteiger partial charge in [0.25, 0.3) is 0 Å². The van der Waals surface area contributed by atoms with Gasteiger partial charge >= 0.3 is 0 Å². The third-order valence-corrected chi connectivity index (χ3v) is 3.38. The zero-order valence-electron chi connectivity index (χ0n) is 12.1. The number of allylic oxidation sites excluding steroid dienone is 1. The van der Waals surface area contributed by atoms with Crippen LogP contribution in [0.2, 0.25) is 0 Å². The van der Waals surface area contributed by atoms with Gasteiger partial charge < -0.3 is 10.3 Å². The van der Waals surface area contributed by atoms with Crippen LogP contribution in [0.5, 0.6) is 0 Å². The van der Waals surface area contributed by atoms with Crippen molar-refractivity contribution >= 4 is 17.5 Å². The molecule has 2 rings (SSSR count). The average molecular weight is 269 g/mol. The van der Waals surface area contributed by atoms with Crippen LogP contribution in [0.3, 0.4) is 0 Å². The molecule has 0 bridgehead atoms. The molecule has 104 valence electrons. The summed E-state index contributed by atoms with van der Waals surface area (Å²) in [6.45, 7) is 0.924. The van der Waals surface area contributed by atoms with Crippen molar-refractivity contribution in [1.29, 1.82) is 5.26 Å². The minimum absolute atomic E-state index is 0.660. The second kappa shape index (κ2) is 6.22. The van der Waals surface area contributed by atoms with Crippen LogP contribution >= 0.6 is 0 Å². The van der Waals surface area contributed by atoms with Gasteiger partial charge in [0.2, 0.25) is 0 Å². The van der Waals surface area contributed by atoms with Crippen molar-refractivity contribution in [2.24, 2.45) is 4.99 Å². The van der Waals surface area contributed by atoms with Gasteiger partial charge in [0.05, 0.1) is 17.3 Å². The second-order valence-electron chi connectivity index (χ2n) is 4.54. The molecule has 0 saturated heterocycles. The van der Waals surface area contributed by atoms with Gasteiger partial charge in [-0.3, -0.25) is 4.99 Å². The lowest BCUT2D eigenvalue weighted by Crippen LogP contribution is -2.32. The molecule has 2 N–H and O–H groups in total. The fraction of sp³-hybridized carbons (Fsp3) is 0.333. The van der Waals surface area contributed by atoms with Crippen molar-refractivity contribution in [3.05, 3.63) is 35.0 Å². The summed E-state index contributed by atoms with van der Waals surface area (Å²) >= 11 is 0. The highest BCUT2D eigenvalue weighted by molar-refractivity contribution is 6.10. The average Bonchev–Trinajstić information content (AvgIpc) is 2.87. The monoisotopic (exact) mass is 269 g/mol. The SMILES string of the molecule is CN=CC(=CNC)c1cc2c(cc1C#N)N(NC)CC2. The van der Waals surface area contributed by atoms with Gasteiger partial charge in [0.15, 0.2) is 0 Å². The third-order valence-electron chi connectivity index (χ3n) is 3.38.